The lowest BCUT2D eigenvalue weighted by Gasteiger charge is -2.15. The SMILES string of the molecule is Cc1ccc(C(C)C)c(Oc2ccc(CN)cc2Cl)c1. The number of nitrogens with two attached hydrogens (primary N) is 1. The second kappa shape index (κ2) is 6.29. The van der Waals surface area contributed by atoms with Gasteiger partial charge in [-0.3, -0.25) is 0 Å². The van der Waals surface area contributed by atoms with Gasteiger partial charge in [-0.15, -0.1) is 0 Å². The molecule has 0 spiro atoms. The van der Waals surface area contributed by atoms with Crippen molar-refractivity contribution in [3.05, 3.63) is 58.1 Å². The monoisotopic (exact) mass is 289 g/mol. The van der Waals surface area contributed by atoms with Crippen molar-refractivity contribution in [3.8, 4) is 11.5 Å². The van der Waals surface area contributed by atoms with E-state index in [1.165, 1.54) is 11.1 Å². The summed E-state index contributed by atoms with van der Waals surface area (Å²) >= 11 is 6.25. The van der Waals surface area contributed by atoms with E-state index in [2.05, 4.69) is 32.9 Å². The van der Waals surface area contributed by atoms with Gasteiger partial charge >= 0.3 is 0 Å². The minimum absolute atomic E-state index is 0.396. The molecule has 20 heavy (non-hydrogen) atoms. The average molecular weight is 290 g/mol. The molecule has 2 aromatic carbocycles. The van der Waals surface area contributed by atoms with E-state index in [4.69, 9.17) is 22.1 Å². The highest BCUT2D eigenvalue weighted by Gasteiger charge is 2.11. The van der Waals surface area contributed by atoms with E-state index >= 15 is 0 Å². The summed E-state index contributed by atoms with van der Waals surface area (Å²) in [6, 6.07) is 11.9. The lowest BCUT2D eigenvalue weighted by molar-refractivity contribution is 0.472. The molecule has 2 aromatic rings. The molecule has 0 saturated carbocycles. The molecule has 0 radical (unpaired) electrons. The van der Waals surface area contributed by atoms with Crippen molar-refractivity contribution in [2.24, 2.45) is 5.73 Å². The molecule has 0 unspecified atom stereocenters. The van der Waals surface area contributed by atoms with Gasteiger partial charge in [0.2, 0.25) is 0 Å². The molecule has 3 heteroatoms. The highest BCUT2D eigenvalue weighted by molar-refractivity contribution is 6.32. The molecule has 2 rings (SSSR count). The first-order valence-corrected chi connectivity index (χ1v) is 7.16. The van der Waals surface area contributed by atoms with Gasteiger partial charge in [0.1, 0.15) is 11.5 Å². The minimum atomic E-state index is 0.396. The topological polar surface area (TPSA) is 35.2 Å². The van der Waals surface area contributed by atoms with Crippen LogP contribution in [0.1, 0.15) is 36.5 Å². The number of rotatable bonds is 4. The molecule has 2 nitrogen and oxygen atoms in total. The molecule has 0 aliphatic carbocycles. The predicted molar refractivity (Wildman–Crippen MR) is 84.7 cm³/mol. The van der Waals surface area contributed by atoms with Gasteiger partial charge in [-0.2, -0.15) is 0 Å². The van der Waals surface area contributed by atoms with Crippen LogP contribution in [0.2, 0.25) is 5.02 Å². The van der Waals surface area contributed by atoms with E-state index in [1.807, 2.05) is 24.3 Å². The predicted octanol–water partition coefficient (Wildman–Crippen LogP) is 5.02. The van der Waals surface area contributed by atoms with Gasteiger partial charge in [0.15, 0.2) is 0 Å². The van der Waals surface area contributed by atoms with Crippen molar-refractivity contribution in [3.63, 3.8) is 0 Å². The van der Waals surface area contributed by atoms with Gasteiger partial charge in [0, 0.05) is 6.54 Å². The number of hydrogen-bond acceptors (Lipinski definition) is 2. The van der Waals surface area contributed by atoms with Crippen LogP contribution >= 0.6 is 11.6 Å². The van der Waals surface area contributed by atoms with E-state index in [1.54, 1.807) is 0 Å². The van der Waals surface area contributed by atoms with E-state index in [0.717, 1.165) is 11.3 Å². The summed E-state index contributed by atoms with van der Waals surface area (Å²) in [5, 5.41) is 0.587. The Labute approximate surface area is 125 Å². The number of benzene rings is 2. The zero-order valence-electron chi connectivity index (χ0n) is 12.1. The van der Waals surface area contributed by atoms with E-state index in [9.17, 15) is 0 Å². The first-order chi connectivity index (χ1) is 9.51. The fourth-order valence-electron chi connectivity index (χ4n) is 2.08. The van der Waals surface area contributed by atoms with Gasteiger partial charge < -0.3 is 10.5 Å². The van der Waals surface area contributed by atoms with Crippen molar-refractivity contribution < 1.29 is 4.74 Å². The minimum Gasteiger partial charge on any atom is -0.455 e. The average Bonchev–Trinajstić information content (AvgIpc) is 2.40. The van der Waals surface area contributed by atoms with Crippen LogP contribution in [0.5, 0.6) is 11.5 Å². The molecule has 0 aromatic heterocycles. The maximum atomic E-state index is 6.25. The normalized spacial score (nSPS) is 10.9. The van der Waals surface area contributed by atoms with Gasteiger partial charge in [0.25, 0.3) is 0 Å². The summed E-state index contributed by atoms with van der Waals surface area (Å²) in [5.74, 6) is 1.92. The van der Waals surface area contributed by atoms with Crippen molar-refractivity contribution >= 4 is 11.6 Å². The van der Waals surface area contributed by atoms with Crippen molar-refractivity contribution in [2.75, 3.05) is 0 Å². The third-order valence-corrected chi connectivity index (χ3v) is 3.54. The second-order valence-electron chi connectivity index (χ2n) is 5.27. The van der Waals surface area contributed by atoms with Crippen LogP contribution in [0.15, 0.2) is 36.4 Å². The van der Waals surface area contributed by atoms with Crippen LogP contribution < -0.4 is 10.5 Å². The number of ether oxygens (including phenoxy) is 1. The van der Waals surface area contributed by atoms with Crippen molar-refractivity contribution in [1.29, 1.82) is 0 Å². The number of halogens is 1. The van der Waals surface area contributed by atoms with Crippen LogP contribution in [0.4, 0.5) is 0 Å². The summed E-state index contributed by atoms with van der Waals surface area (Å²) < 4.78 is 6.01. The highest BCUT2D eigenvalue weighted by atomic mass is 35.5. The second-order valence-corrected chi connectivity index (χ2v) is 5.67. The zero-order valence-corrected chi connectivity index (χ0v) is 12.9. The van der Waals surface area contributed by atoms with Gasteiger partial charge in [0.05, 0.1) is 5.02 Å². The molecule has 2 N–H and O–H groups in total. The fourth-order valence-corrected chi connectivity index (χ4v) is 2.32. The molecular weight excluding hydrogens is 270 g/mol. The molecule has 0 bridgehead atoms. The van der Waals surface area contributed by atoms with Crippen LogP contribution in [0.25, 0.3) is 0 Å². The molecule has 0 heterocycles. The third-order valence-electron chi connectivity index (χ3n) is 3.24. The Morgan fingerprint density at radius 2 is 1.85 bits per heavy atom. The van der Waals surface area contributed by atoms with E-state index in [-0.39, 0.29) is 0 Å². The molecule has 0 aliphatic heterocycles. The first kappa shape index (κ1) is 14.9. The summed E-state index contributed by atoms with van der Waals surface area (Å²) in [6.45, 7) is 6.82. The molecule has 106 valence electrons. The van der Waals surface area contributed by atoms with Crippen LogP contribution in [-0.2, 0) is 6.54 Å². The smallest absolute Gasteiger partial charge is 0.146 e. The number of hydrogen-bond donors (Lipinski definition) is 1. The summed E-state index contributed by atoms with van der Waals surface area (Å²) in [7, 11) is 0. The lowest BCUT2D eigenvalue weighted by Crippen LogP contribution is -1.98. The Hall–Kier alpha value is -1.51. The van der Waals surface area contributed by atoms with Crippen molar-refractivity contribution in [2.45, 2.75) is 33.2 Å². The van der Waals surface area contributed by atoms with E-state index in [0.29, 0.717) is 23.2 Å². The Morgan fingerprint density at radius 1 is 1.10 bits per heavy atom. The third kappa shape index (κ3) is 3.33. The molecule has 0 saturated heterocycles. The molecule has 0 aliphatic rings. The molecule has 0 atom stereocenters. The summed E-state index contributed by atoms with van der Waals surface area (Å²) in [6.07, 6.45) is 0. The molecule has 0 fully saturated rings. The van der Waals surface area contributed by atoms with Crippen LogP contribution in [0.3, 0.4) is 0 Å². The van der Waals surface area contributed by atoms with Crippen LogP contribution in [0, 0.1) is 6.92 Å². The highest BCUT2D eigenvalue weighted by Crippen LogP contribution is 2.35. The fraction of sp³-hybridized carbons (Fsp3) is 0.294. The largest absolute Gasteiger partial charge is 0.455 e. The lowest BCUT2D eigenvalue weighted by atomic mass is 10.0. The molecule has 0 amide bonds. The Morgan fingerprint density at radius 3 is 2.45 bits per heavy atom. The quantitative estimate of drug-likeness (QED) is 0.857. The van der Waals surface area contributed by atoms with Gasteiger partial charge in [-0.25, -0.2) is 0 Å². The first-order valence-electron chi connectivity index (χ1n) is 6.78. The van der Waals surface area contributed by atoms with Crippen molar-refractivity contribution in [1.82, 2.24) is 0 Å². The van der Waals surface area contributed by atoms with Gasteiger partial charge in [-0.05, 0) is 47.7 Å². The van der Waals surface area contributed by atoms with E-state index < -0.39 is 0 Å². The number of aryl methyl sites for hydroxylation is 1. The maximum absolute atomic E-state index is 6.25. The summed E-state index contributed by atoms with van der Waals surface area (Å²) in [4.78, 5) is 0. The molecular formula is C17H20ClNO. The zero-order chi connectivity index (χ0) is 14.7. The Bertz CT molecular complexity index is 608. The Balaban J connectivity index is 2.36. The van der Waals surface area contributed by atoms with Gasteiger partial charge in [-0.1, -0.05) is 43.6 Å². The Kier molecular flexibility index (Phi) is 4.69. The van der Waals surface area contributed by atoms with Crippen LogP contribution in [-0.4, -0.2) is 0 Å². The summed E-state index contributed by atoms with van der Waals surface area (Å²) in [5.41, 5.74) is 8.94. The maximum Gasteiger partial charge on any atom is 0.146 e. The standard InChI is InChI=1S/C17H20ClNO/c1-11(2)14-6-4-12(3)8-17(14)20-16-7-5-13(10-19)9-15(16)18/h4-9,11H,10,19H2,1-3H3.